The van der Waals surface area contributed by atoms with E-state index in [4.69, 9.17) is 0 Å². The van der Waals surface area contributed by atoms with E-state index in [0.717, 1.165) is 32.4 Å². The average molecular weight is 252 g/mol. The molecule has 2 aliphatic heterocycles. The molecule has 2 heterocycles. The maximum Gasteiger partial charge on any atom is 0.252 e. The Morgan fingerprint density at radius 1 is 1.39 bits per heavy atom. The number of amides is 1. The predicted octanol–water partition coefficient (Wildman–Crippen LogP) is 0.715. The van der Waals surface area contributed by atoms with E-state index in [1.807, 2.05) is 6.92 Å². The van der Waals surface area contributed by atoms with E-state index >= 15 is 0 Å². The first-order valence-corrected chi connectivity index (χ1v) is 6.95. The van der Waals surface area contributed by atoms with Gasteiger partial charge in [-0.3, -0.25) is 15.1 Å². The summed E-state index contributed by atoms with van der Waals surface area (Å²) in [6.07, 6.45) is 2.81. The number of nitrogens with zero attached hydrogens (tertiary/aromatic N) is 2. The number of carbonyl (C=O) groups is 1. The molecule has 102 valence electrons. The van der Waals surface area contributed by atoms with Crippen LogP contribution in [0, 0.1) is 0 Å². The molecule has 5 heteroatoms. The quantitative estimate of drug-likeness (QED) is 0.761. The van der Waals surface area contributed by atoms with E-state index in [2.05, 4.69) is 34.4 Å². The standard InChI is InChI=1S/C13H24N4O/c1-4-14-12-15-11(18)13(16-12)6-5-8-17(9-7-13)10(2)3/h10H,4-9H2,1-3H3,(H2,14,15,16,18). The van der Waals surface area contributed by atoms with Gasteiger partial charge in [-0.2, -0.15) is 0 Å². The molecule has 2 fully saturated rings. The second-order valence-electron chi connectivity index (χ2n) is 5.47. The molecule has 1 atom stereocenters. The lowest BCUT2D eigenvalue weighted by atomic mass is 9.91. The topological polar surface area (TPSA) is 56.7 Å². The molecule has 18 heavy (non-hydrogen) atoms. The first-order valence-electron chi connectivity index (χ1n) is 6.95. The van der Waals surface area contributed by atoms with Crippen LogP contribution in [0.5, 0.6) is 0 Å². The Kier molecular flexibility index (Phi) is 3.90. The predicted molar refractivity (Wildman–Crippen MR) is 72.5 cm³/mol. The third kappa shape index (κ3) is 2.51. The molecule has 0 aromatic rings. The fourth-order valence-electron chi connectivity index (χ4n) is 2.80. The fraction of sp³-hybridized carbons (Fsp3) is 0.846. The van der Waals surface area contributed by atoms with Crippen LogP contribution >= 0.6 is 0 Å². The van der Waals surface area contributed by atoms with Gasteiger partial charge in [0.2, 0.25) is 0 Å². The maximum atomic E-state index is 12.2. The molecule has 1 amide bonds. The van der Waals surface area contributed by atoms with Crippen LogP contribution in [-0.2, 0) is 4.79 Å². The van der Waals surface area contributed by atoms with E-state index in [-0.39, 0.29) is 5.91 Å². The van der Waals surface area contributed by atoms with Crippen molar-refractivity contribution < 1.29 is 4.79 Å². The van der Waals surface area contributed by atoms with Gasteiger partial charge in [0.25, 0.3) is 5.91 Å². The molecule has 2 rings (SSSR count). The van der Waals surface area contributed by atoms with Gasteiger partial charge in [-0.05, 0) is 46.6 Å². The van der Waals surface area contributed by atoms with Gasteiger partial charge < -0.3 is 10.2 Å². The molecule has 0 radical (unpaired) electrons. The zero-order chi connectivity index (χ0) is 13.2. The Morgan fingerprint density at radius 2 is 2.17 bits per heavy atom. The molecular weight excluding hydrogens is 228 g/mol. The van der Waals surface area contributed by atoms with Gasteiger partial charge in [0.15, 0.2) is 5.96 Å². The number of likely N-dealkylation sites (tertiary alicyclic amines) is 1. The first-order chi connectivity index (χ1) is 8.57. The van der Waals surface area contributed by atoms with Crippen LogP contribution in [0.25, 0.3) is 0 Å². The smallest absolute Gasteiger partial charge is 0.252 e. The largest absolute Gasteiger partial charge is 0.342 e. The summed E-state index contributed by atoms with van der Waals surface area (Å²) in [5, 5.41) is 6.19. The number of carbonyl (C=O) groups excluding carboxylic acids is 1. The van der Waals surface area contributed by atoms with Gasteiger partial charge in [-0.1, -0.05) is 0 Å². The number of hydrogen-bond donors (Lipinski definition) is 2. The molecule has 0 aliphatic carbocycles. The zero-order valence-electron chi connectivity index (χ0n) is 11.6. The van der Waals surface area contributed by atoms with E-state index in [0.29, 0.717) is 18.5 Å². The second-order valence-corrected chi connectivity index (χ2v) is 5.47. The van der Waals surface area contributed by atoms with Crippen molar-refractivity contribution in [1.82, 2.24) is 15.5 Å². The minimum Gasteiger partial charge on any atom is -0.342 e. The highest BCUT2D eigenvalue weighted by molar-refractivity contribution is 6.09. The lowest BCUT2D eigenvalue weighted by molar-refractivity contribution is -0.124. The molecule has 2 saturated heterocycles. The second kappa shape index (κ2) is 5.26. The number of nitrogens with one attached hydrogen (secondary N) is 2. The van der Waals surface area contributed by atoms with E-state index in [1.54, 1.807) is 0 Å². The van der Waals surface area contributed by atoms with Gasteiger partial charge in [-0.25, -0.2) is 0 Å². The van der Waals surface area contributed by atoms with Crippen molar-refractivity contribution in [2.24, 2.45) is 4.99 Å². The Morgan fingerprint density at radius 3 is 2.83 bits per heavy atom. The van der Waals surface area contributed by atoms with Gasteiger partial charge in [0, 0.05) is 19.1 Å². The van der Waals surface area contributed by atoms with Crippen LogP contribution < -0.4 is 10.6 Å². The number of rotatable bonds is 2. The summed E-state index contributed by atoms with van der Waals surface area (Å²) in [4.78, 5) is 18.9. The Bertz CT molecular complexity index is 353. The van der Waals surface area contributed by atoms with Crippen molar-refractivity contribution >= 4 is 11.9 Å². The Hall–Kier alpha value is -1.10. The van der Waals surface area contributed by atoms with E-state index in [1.165, 1.54) is 0 Å². The van der Waals surface area contributed by atoms with Crippen molar-refractivity contribution in [2.75, 3.05) is 19.6 Å². The van der Waals surface area contributed by atoms with Gasteiger partial charge in [0.1, 0.15) is 5.54 Å². The van der Waals surface area contributed by atoms with Crippen LogP contribution in [0.3, 0.4) is 0 Å². The molecule has 0 saturated carbocycles. The van der Waals surface area contributed by atoms with Gasteiger partial charge in [0.05, 0.1) is 0 Å². The minimum atomic E-state index is -0.419. The maximum absolute atomic E-state index is 12.2. The molecule has 5 nitrogen and oxygen atoms in total. The van der Waals surface area contributed by atoms with E-state index < -0.39 is 5.54 Å². The third-order valence-corrected chi connectivity index (χ3v) is 3.95. The number of aliphatic imine (C=N–C) groups is 1. The molecule has 0 aromatic heterocycles. The van der Waals surface area contributed by atoms with Crippen molar-refractivity contribution in [3.63, 3.8) is 0 Å². The SMILES string of the molecule is CCN=C1NC(=O)C2(CCCN(C(C)C)CC2)N1. The van der Waals surface area contributed by atoms with Crippen LogP contribution in [0.1, 0.15) is 40.0 Å². The fourth-order valence-corrected chi connectivity index (χ4v) is 2.80. The molecule has 1 unspecified atom stereocenters. The summed E-state index contributed by atoms with van der Waals surface area (Å²) in [6.45, 7) is 9.14. The van der Waals surface area contributed by atoms with Gasteiger partial charge in [-0.15, -0.1) is 0 Å². The van der Waals surface area contributed by atoms with Crippen LogP contribution in [0.4, 0.5) is 0 Å². The summed E-state index contributed by atoms with van der Waals surface area (Å²) >= 11 is 0. The highest BCUT2D eigenvalue weighted by Gasteiger charge is 2.45. The Balaban J connectivity index is 2.08. The number of hydrogen-bond acceptors (Lipinski definition) is 3. The first kappa shape index (κ1) is 13.3. The third-order valence-electron chi connectivity index (χ3n) is 3.95. The number of guanidine groups is 1. The van der Waals surface area contributed by atoms with Crippen molar-refractivity contribution in [1.29, 1.82) is 0 Å². The molecule has 0 aromatic carbocycles. The van der Waals surface area contributed by atoms with Crippen LogP contribution in [0.2, 0.25) is 0 Å². The van der Waals surface area contributed by atoms with Crippen molar-refractivity contribution in [2.45, 2.75) is 51.6 Å². The summed E-state index contributed by atoms with van der Waals surface area (Å²) < 4.78 is 0. The zero-order valence-corrected chi connectivity index (χ0v) is 11.6. The summed E-state index contributed by atoms with van der Waals surface area (Å²) in [5.74, 6) is 0.751. The lowest BCUT2D eigenvalue weighted by Crippen LogP contribution is -2.47. The summed E-state index contributed by atoms with van der Waals surface area (Å²) in [7, 11) is 0. The molecular formula is C13H24N4O. The van der Waals surface area contributed by atoms with E-state index in [9.17, 15) is 4.79 Å². The normalized spacial score (nSPS) is 31.8. The summed E-state index contributed by atoms with van der Waals surface area (Å²) in [5.41, 5.74) is -0.419. The van der Waals surface area contributed by atoms with Crippen molar-refractivity contribution in [3.8, 4) is 0 Å². The van der Waals surface area contributed by atoms with Crippen LogP contribution in [-0.4, -0.2) is 48.0 Å². The van der Waals surface area contributed by atoms with Gasteiger partial charge >= 0.3 is 0 Å². The highest BCUT2D eigenvalue weighted by atomic mass is 16.2. The van der Waals surface area contributed by atoms with Crippen molar-refractivity contribution in [3.05, 3.63) is 0 Å². The van der Waals surface area contributed by atoms with Crippen LogP contribution in [0.15, 0.2) is 4.99 Å². The molecule has 2 N–H and O–H groups in total. The Labute approximate surface area is 109 Å². The highest BCUT2D eigenvalue weighted by Crippen LogP contribution is 2.26. The average Bonchev–Trinajstić information content (AvgIpc) is 2.50. The monoisotopic (exact) mass is 252 g/mol. The molecule has 1 spiro atoms. The molecule has 0 bridgehead atoms. The lowest BCUT2D eigenvalue weighted by Gasteiger charge is -2.26. The minimum absolute atomic E-state index is 0.0975. The summed E-state index contributed by atoms with van der Waals surface area (Å²) in [6, 6.07) is 0.549. The molecule has 2 aliphatic rings.